The number of rotatable bonds is 5. The number of aryl methyl sites for hydroxylation is 1. The number of nitrogens with one attached hydrogen (secondary N) is 1. The molecule has 1 amide bonds. The molecule has 8 nitrogen and oxygen atoms in total. The highest BCUT2D eigenvalue weighted by Crippen LogP contribution is 2.13. The van der Waals surface area contributed by atoms with Crippen molar-refractivity contribution in [3.8, 4) is 0 Å². The summed E-state index contributed by atoms with van der Waals surface area (Å²) in [6.45, 7) is 5.53. The van der Waals surface area contributed by atoms with Crippen molar-refractivity contribution in [3.63, 3.8) is 0 Å². The number of nitrogens with zero attached hydrogens (tertiary/aromatic N) is 4. The Morgan fingerprint density at radius 1 is 1.24 bits per heavy atom. The molecule has 0 radical (unpaired) electrons. The standard InChI is InChI=1S/C17H21N5O3/c1-2-22-16(23)7-6-14(20-22)17(24)18-12-13-4-3-5-15(19-13)21-8-10-25-11-9-21/h3-7H,2,8-12H2,1H3,(H,18,24). The molecule has 0 aliphatic carbocycles. The Bertz CT molecular complexity index is 799. The van der Waals surface area contributed by atoms with Gasteiger partial charge in [-0.05, 0) is 25.1 Å². The summed E-state index contributed by atoms with van der Waals surface area (Å²) in [5, 5.41) is 6.84. The van der Waals surface area contributed by atoms with Crippen LogP contribution in [0.15, 0.2) is 35.1 Å². The highest BCUT2D eigenvalue weighted by Gasteiger charge is 2.13. The molecule has 0 bridgehead atoms. The lowest BCUT2D eigenvalue weighted by atomic mass is 10.3. The van der Waals surface area contributed by atoms with Crippen LogP contribution in [0.4, 0.5) is 5.82 Å². The molecule has 0 saturated carbocycles. The summed E-state index contributed by atoms with van der Waals surface area (Å²) in [4.78, 5) is 30.5. The number of ether oxygens (including phenoxy) is 1. The maximum atomic E-state index is 12.2. The van der Waals surface area contributed by atoms with E-state index < -0.39 is 0 Å². The maximum absolute atomic E-state index is 12.2. The van der Waals surface area contributed by atoms with Crippen LogP contribution < -0.4 is 15.8 Å². The number of amides is 1. The zero-order valence-corrected chi connectivity index (χ0v) is 14.1. The second-order valence-corrected chi connectivity index (χ2v) is 5.64. The van der Waals surface area contributed by atoms with Gasteiger partial charge in [0.25, 0.3) is 11.5 Å². The van der Waals surface area contributed by atoms with Crippen molar-refractivity contribution in [3.05, 3.63) is 52.1 Å². The first-order valence-electron chi connectivity index (χ1n) is 8.32. The average Bonchev–Trinajstić information content (AvgIpc) is 2.67. The third kappa shape index (κ3) is 4.21. The fraction of sp³-hybridized carbons (Fsp3) is 0.412. The van der Waals surface area contributed by atoms with Gasteiger partial charge in [-0.3, -0.25) is 9.59 Å². The third-order valence-electron chi connectivity index (χ3n) is 3.96. The van der Waals surface area contributed by atoms with Crippen molar-refractivity contribution < 1.29 is 9.53 Å². The molecule has 8 heteroatoms. The van der Waals surface area contributed by atoms with Crippen LogP contribution in [0.3, 0.4) is 0 Å². The van der Waals surface area contributed by atoms with E-state index in [1.165, 1.54) is 16.8 Å². The Kier molecular flexibility index (Phi) is 5.39. The molecule has 0 unspecified atom stereocenters. The van der Waals surface area contributed by atoms with Crippen molar-refractivity contribution >= 4 is 11.7 Å². The molecule has 1 N–H and O–H groups in total. The molecule has 2 aromatic rings. The number of pyridine rings is 1. The Hall–Kier alpha value is -2.74. The summed E-state index contributed by atoms with van der Waals surface area (Å²) < 4.78 is 6.61. The number of carbonyl (C=O) groups excluding carboxylic acids is 1. The van der Waals surface area contributed by atoms with E-state index in [1.807, 2.05) is 18.2 Å². The van der Waals surface area contributed by atoms with E-state index in [9.17, 15) is 9.59 Å². The lowest BCUT2D eigenvalue weighted by Gasteiger charge is -2.28. The summed E-state index contributed by atoms with van der Waals surface area (Å²) in [5.41, 5.74) is 0.755. The second kappa shape index (κ2) is 7.89. The van der Waals surface area contributed by atoms with E-state index in [0.717, 1.165) is 24.6 Å². The summed E-state index contributed by atoms with van der Waals surface area (Å²) in [5.74, 6) is 0.550. The Labute approximate surface area is 145 Å². The van der Waals surface area contributed by atoms with Gasteiger partial charge in [-0.15, -0.1) is 0 Å². The predicted octanol–water partition coefficient (Wildman–Crippen LogP) is 0.425. The molecule has 132 valence electrons. The topological polar surface area (TPSA) is 89.3 Å². The molecule has 1 aliphatic rings. The average molecular weight is 343 g/mol. The van der Waals surface area contributed by atoms with E-state index in [0.29, 0.717) is 26.3 Å². The zero-order valence-electron chi connectivity index (χ0n) is 14.1. The second-order valence-electron chi connectivity index (χ2n) is 5.64. The van der Waals surface area contributed by atoms with Crippen LogP contribution in [0, 0.1) is 0 Å². The molecule has 2 aromatic heterocycles. The van der Waals surface area contributed by atoms with Gasteiger partial charge in [-0.2, -0.15) is 5.10 Å². The Morgan fingerprint density at radius 2 is 2.04 bits per heavy atom. The Balaban J connectivity index is 1.65. The van der Waals surface area contributed by atoms with E-state index in [-0.39, 0.29) is 17.2 Å². The number of anilines is 1. The first-order valence-corrected chi connectivity index (χ1v) is 8.32. The molecule has 3 heterocycles. The van der Waals surface area contributed by atoms with E-state index >= 15 is 0 Å². The maximum Gasteiger partial charge on any atom is 0.272 e. The number of hydrogen-bond acceptors (Lipinski definition) is 6. The smallest absolute Gasteiger partial charge is 0.272 e. The summed E-state index contributed by atoms with van der Waals surface area (Å²) >= 11 is 0. The summed E-state index contributed by atoms with van der Waals surface area (Å²) in [7, 11) is 0. The molecule has 3 rings (SSSR count). The van der Waals surface area contributed by atoms with Gasteiger partial charge in [0.05, 0.1) is 25.5 Å². The van der Waals surface area contributed by atoms with Gasteiger partial charge in [-0.1, -0.05) is 6.07 Å². The van der Waals surface area contributed by atoms with Crippen LogP contribution >= 0.6 is 0 Å². The Morgan fingerprint density at radius 3 is 2.80 bits per heavy atom. The normalized spacial score (nSPS) is 14.4. The van der Waals surface area contributed by atoms with Gasteiger partial charge in [0.2, 0.25) is 0 Å². The van der Waals surface area contributed by atoms with Gasteiger partial charge in [-0.25, -0.2) is 9.67 Å². The molecular formula is C17H21N5O3. The minimum absolute atomic E-state index is 0.214. The van der Waals surface area contributed by atoms with Crippen LogP contribution in [0.1, 0.15) is 23.1 Å². The highest BCUT2D eigenvalue weighted by atomic mass is 16.5. The van der Waals surface area contributed by atoms with Gasteiger partial charge < -0.3 is 15.0 Å². The van der Waals surface area contributed by atoms with E-state index in [1.54, 1.807) is 6.92 Å². The predicted molar refractivity (Wildman–Crippen MR) is 92.6 cm³/mol. The van der Waals surface area contributed by atoms with Gasteiger partial charge in [0.1, 0.15) is 11.5 Å². The molecule has 1 aliphatic heterocycles. The quantitative estimate of drug-likeness (QED) is 0.847. The molecule has 25 heavy (non-hydrogen) atoms. The van der Waals surface area contributed by atoms with Crippen molar-refractivity contribution in [2.24, 2.45) is 0 Å². The summed E-state index contributed by atoms with van der Waals surface area (Å²) in [6, 6.07) is 8.53. The van der Waals surface area contributed by atoms with Crippen molar-refractivity contribution in [1.82, 2.24) is 20.1 Å². The highest BCUT2D eigenvalue weighted by molar-refractivity contribution is 5.91. The fourth-order valence-electron chi connectivity index (χ4n) is 2.59. The van der Waals surface area contributed by atoms with Crippen LogP contribution in [-0.2, 0) is 17.8 Å². The zero-order chi connectivity index (χ0) is 17.6. The van der Waals surface area contributed by atoms with Gasteiger partial charge in [0.15, 0.2) is 0 Å². The lowest BCUT2D eigenvalue weighted by Crippen LogP contribution is -2.37. The van der Waals surface area contributed by atoms with Gasteiger partial charge >= 0.3 is 0 Å². The summed E-state index contributed by atoms with van der Waals surface area (Å²) in [6.07, 6.45) is 0. The van der Waals surface area contributed by atoms with Crippen LogP contribution in [0.5, 0.6) is 0 Å². The van der Waals surface area contributed by atoms with E-state index in [2.05, 4.69) is 20.3 Å². The van der Waals surface area contributed by atoms with Gasteiger partial charge in [0, 0.05) is 25.7 Å². The number of aromatic nitrogens is 3. The van der Waals surface area contributed by atoms with Crippen molar-refractivity contribution in [2.45, 2.75) is 20.0 Å². The van der Waals surface area contributed by atoms with E-state index in [4.69, 9.17) is 4.74 Å². The minimum Gasteiger partial charge on any atom is -0.378 e. The van der Waals surface area contributed by atoms with Crippen molar-refractivity contribution in [1.29, 1.82) is 0 Å². The monoisotopic (exact) mass is 343 g/mol. The van der Waals surface area contributed by atoms with Crippen LogP contribution in [0.2, 0.25) is 0 Å². The largest absolute Gasteiger partial charge is 0.378 e. The van der Waals surface area contributed by atoms with Crippen LogP contribution in [0.25, 0.3) is 0 Å². The molecule has 0 atom stereocenters. The molecular weight excluding hydrogens is 322 g/mol. The van der Waals surface area contributed by atoms with Crippen LogP contribution in [-0.4, -0.2) is 47.0 Å². The molecule has 0 aromatic carbocycles. The lowest BCUT2D eigenvalue weighted by molar-refractivity contribution is 0.0943. The number of carbonyl (C=O) groups is 1. The molecule has 1 saturated heterocycles. The third-order valence-corrected chi connectivity index (χ3v) is 3.96. The molecule has 1 fully saturated rings. The first kappa shape index (κ1) is 17.1. The van der Waals surface area contributed by atoms with Crippen molar-refractivity contribution in [2.75, 3.05) is 31.2 Å². The molecule has 0 spiro atoms. The minimum atomic E-state index is -0.333. The SMILES string of the molecule is CCn1nc(C(=O)NCc2cccc(N3CCOCC3)n2)ccc1=O. The first-order chi connectivity index (χ1) is 12.2. The number of morpholine rings is 1. The fourth-order valence-corrected chi connectivity index (χ4v) is 2.59. The number of hydrogen-bond donors (Lipinski definition) is 1.